The second kappa shape index (κ2) is 7.36. The molecule has 0 radical (unpaired) electrons. The summed E-state index contributed by atoms with van der Waals surface area (Å²) >= 11 is 0. The van der Waals surface area contributed by atoms with E-state index in [1.54, 1.807) is 0 Å². The lowest BCUT2D eigenvalue weighted by Gasteiger charge is -2.21. The summed E-state index contributed by atoms with van der Waals surface area (Å²) in [6.45, 7) is 6.59. The van der Waals surface area contributed by atoms with E-state index in [2.05, 4.69) is 42.9 Å². The number of hydrogen-bond donors (Lipinski definition) is 2. The van der Waals surface area contributed by atoms with E-state index in [9.17, 15) is 4.79 Å². The van der Waals surface area contributed by atoms with Crippen LogP contribution in [0.25, 0.3) is 0 Å². The minimum atomic E-state index is -1.23. The van der Waals surface area contributed by atoms with Crippen LogP contribution in [0.4, 0.5) is 0 Å². The zero-order valence-corrected chi connectivity index (χ0v) is 12.6. The van der Waals surface area contributed by atoms with E-state index in [1.165, 1.54) is 37.6 Å². The van der Waals surface area contributed by atoms with Crippen LogP contribution >= 0.6 is 0 Å². The number of aromatic nitrogens is 1. The first kappa shape index (κ1) is 16.6. The number of carboxylic acids is 1. The van der Waals surface area contributed by atoms with Crippen molar-refractivity contribution in [3.63, 3.8) is 0 Å². The summed E-state index contributed by atoms with van der Waals surface area (Å²) in [6, 6.07) is 4.96. The molecular weight excluding hydrogens is 256 g/mol. The maximum absolute atomic E-state index is 9.45. The second-order valence-electron chi connectivity index (χ2n) is 5.28. The molecule has 0 bridgehead atoms. The average molecular weight is 280 g/mol. The highest BCUT2D eigenvalue weighted by Gasteiger charge is 2.23. The van der Waals surface area contributed by atoms with Gasteiger partial charge in [-0.25, -0.2) is 4.79 Å². The highest BCUT2D eigenvalue weighted by Crippen LogP contribution is 2.31. The van der Waals surface area contributed by atoms with Gasteiger partial charge in [-0.2, -0.15) is 0 Å². The number of carbonyl (C=O) groups is 1. The monoisotopic (exact) mass is 280 g/mol. The largest absolute Gasteiger partial charge is 0.479 e. The zero-order chi connectivity index (χ0) is 15.3. The highest BCUT2D eigenvalue weighted by atomic mass is 16.4. The molecule has 0 spiro atoms. The number of pyridine rings is 1. The molecule has 2 N–H and O–H groups in total. The standard InChI is InChI=1S/C12H18N2.C3H6O3/c1-9-6-7-11(10(2)13-9)12-5-4-8-14(12)3;1-2(4)3(5)6/h6-7,12H,4-5,8H2,1-3H3;2,4H,1H3,(H,5,6)/t12-;/m0./s1. The second-order valence-corrected chi connectivity index (χ2v) is 5.28. The summed E-state index contributed by atoms with van der Waals surface area (Å²) in [5, 5.41) is 15.8. The van der Waals surface area contributed by atoms with Crippen LogP contribution in [0, 0.1) is 13.8 Å². The third-order valence-corrected chi connectivity index (χ3v) is 3.50. The molecule has 5 heteroatoms. The molecule has 1 fully saturated rings. The van der Waals surface area contributed by atoms with Gasteiger partial charge in [-0.3, -0.25) is 9.88 Å². The van der Waals surface area contributed by atoms with E-state index in [1.807, 2.05) is 0 Å². The van der Waals surface area contributed by atoms with Crippen LogP contribution in [0.2, 0.25) is 0 Å². The van der Waals surface area contributed by atoms with Gasteiger partial charge in [-0.05, 0) is 58.8 Å². The Balaban J connectivity index is 0.000000286. The Hall–Kier alpha value is -1.46. The summed E-state index contributed by atoms with van der Waals surface area (Å²) < 4.78 is 0. The van der Waals surface area contributed by atoms with Crippen LogP contribution in [0.15, 0.2) is 12.1 Å². The summed E-state index contributed by atoms with van der Waals surface area (Å²) in [6.07, 6.45) is 1.36. The molecule has 0 aromatic carbocycles. The van der Waals surface area contributed by atoms with Gasteiger partial charge >= 0.3 is 5.97 Å². The van der Waals surface area contributed by atoms with Crippen LogP contribution in [0.5, 0.6) is 0 Å². The quantitative estimate of drug-likeness (QED) is 0.865. The molecule has 1 unspecified atom stereocenters. The van der Waals surface area contributed by atoms with Crippen LogP contribution in [-0.4, -0.2) is 45.8 Å². The maximum atomic E-state index is 9.45. The fourth-order valence-electron chi connectivity index (χ4n) is 2.35. The van der Waals surface area contributed by atoms with Crippen LogP contribution in [-0.2, 0) is 4.79 Å². The summed E-state index contributed by atoms with van der Waals surface area (Å²) in [4.78, 5) is 16.4. The molecule has 0 aliphatic carbocycles. The summed E-state index contributed by atoms with van der Waals surface area (Å²) in [7, 11) is 2.21. The van der Waals surface area contributed by atoms with Gasteiger partial charge in [0.1, 0.15) is 6.10 Å². The summed E-state index contributed by atoms with van der Waals surface area (Å²) in [5.74, 6) is -1.19. The number of likely N-dealkylation sites (tertiary alicyclic amines) is 1. The summed E-state index contributed by atoms with van der Waals surface area (Å²) in [5.41, 5.74) is 3.73. The van der Waals surface area contributed by atoms with E-state index in [4.69, 9.17) is 10.2 Å². The van der Waals surface area contributed by atoms with Gasteiger partial charge in [0.05, 0.1) is 0 Å². The number of rotatable bonds is 2. The van der Waals surface area contributed by atoms with Crippen molar-refractivity contribution in [2.45, 2.75) is 45.8 Å². The molecule has 112 valence electrons. The first-order valence-electron chi connectivity index (χ1n) is 6.88. The number of aliphatic hydroxyl groups excluding tert-OH is 1. The lowest BCUT2D eigenvalue weighted by atomic mass is 10.0. The molecular formula is C15H24N2O3. The van der Waals surface area contributed by atoms with Gasteiger partial charge in [-0.1, -0.05) is 6.07 Å². The van der Waals surface area contributed by atoms with Gasteiger partial charge in [0, 0.05) is 17.4 Å². The zero-order valence-electron chi connectivity index (χ0n) is 12.6. The molecule has 0 saturated carbocycles. The van der Waals surface area contributed by atoms with Crippen molar-refractivity contribution in [1.29, 1.82) is 0 Å². The number of aliphatic carboxylic acids is 1. The number of carboxylic acid groups (broad SMARTS) is 1. The Morgan fingerprint density at radius 3 is 2.45 bits per heavy atom. The Morgan fingerprint density at radius 2 is 2.05 bits per heavy atom. The van der Waals surface area contributed by atoms with Crippen molar-refractivity contribution in [3.05, 3.63) is 29.1 Å². The number of aryl methyl sites for hydroxylation is 2. The predicted molar refractivity (Wildman–Crippen MR) is 77.6 cm³/mol. The molecule has 0 amide bonds. The molecule has 1 aromatic heterocycles. The average Bonchev–Trinajstić information content (AvgIpc) is 2.76. The van der Waals surface area contributed by atoms with E-state index >= 15 is 0 Å². The molecule has 20 heavy (non-hydrogen) atoms. The van der Waals surface area contributed by atoms with Crippen molar-refractivity contribution in [2.75, 3.05) is 13.6 Å². The number of hydrogen-bond acceptors (Lipinski definition) is 4. The van der Waals surface area contributed by atoms with Gasteiger partial charge in [0.25, 0.3) is 0 Å². The first-order valence-corrected chi connectivity index (χ1v) is 6.88. The Kier molecular flexibility index (Phi) is 6.10. The molecule has 2 atom stereocenters. The Labute approximate surface area is 120 Å². The number of aliphatic hydroxyl groups is 1. The van der Waals surface area contributed by atoms with Crippen LogP contribution in [0.3, 0.4) is 0 Å². The van der Waals surface area contributed by atoms with Crippen molar-refractivity contribution in [3.8, 4) is 0 Å². The lowest BCUT2D eigenvalue weighted by molar-refractivity contribution is -0.145. The van der Waals surface area contributed by atoms with Gasteiger partial charge in [0.15, 0.2) is 0 Å². The van der Waals surface area contributed by atoms with Crippen LogP contribution < -0.4 is 0 Å². The topological polar surface area (TPSA) is 73.7 Å². The highest BCUT2D eigenvalue weighted by molar-refractivity contribution is 5.71. The lowest BCUT2D eigenvalue weighted by Crippen LogP contribution is -2.18. The fourth-order valence-corrected chi connectivity index (χ4v) is 2.35. The van der Waals surface area contributed by atoms with E-state index in [-0.39, 0.29) is 0 Å². The van der Waals surface area contributed by atoms with E-state index in [0.717, 1.165) is 5.69 Å². The van der Waals surface area contributed by atoms with Crippen molar-refractivity contribution >= 4 is 5.97 Å². The molecule has 5 nitrogen and oxygen atoms in total. The van der Waals surface area contributed by atoms with E-state index in [0.29, 0.717) is 6.04 Å². The smallest absolute Gasteiger partial charge is 0.332 e. The van der Waals surface area contributed by atoms with Gasteiger partial charge < -0.3 is 10.2 Å². The molecule has 1 aromatic rings. The molecule has 2 rings (SSSR count). The third kappa shape index (κ3) is 4.58. The molecule has 1 aliphatic heterocycles. The molecule has 2 heterocycles. The minimum Gasteiger partial charge on any atom is -0.479 e. The van der Waals surface area contributed by atoms with Crippen molar-refractivity contribution in [2.24, 2.45) is 0 Å². The SMILES string of the molecule is CC(O)C(=O)O.Cc1ccc([C@@H]2CCCN2C)c(C)n1. The van der Waals surface area contributed by atoms with Crippen molar-refractivity contribution in [1.82, 2.24) is 9.88 Å². The normalized spacial score (nSPS) is 20.1. The Bertz CT molecular complexity index is 460. The van der Waals surface area contributed by atoms with E-state index < -0.39 is 12.1 Å². The maximum Gasteiger partial charge on any atom is 0.332 e. The number of nitrogens with zero attached hydrogens (tertiary/aromatic N) is 2. The minimum absolute atomic E-state index is 0.600. The Morgan fingerprint density at radius 1 is 1.45 bits per heavy atom. The van der Waals surface area contributed by atoms with Gasteiger partial charge in [-0.15, -0.1) is 0 Å². The predicted octanol–water partition coefficient (Wildman–Crippen LogP) is 1.92. The van der Waals surface area contributed by atoms with Crippen molar-refractivity contribution < 1.29 is 15.0 Å². The molecule has 1 aliphatic rings. The molecule has 1 saturated heterocycles. The van der Waals surface area contributed by atoms with Crippen LogP contribution in [0.1, 0.15) is 42.8 Å². The third-order valence-electron chi connectivity index (χ3n) is 3.50. The fraction of sp³-hybridized carbons (Fsp3) is 0.600. The van der Waals surface area contributed by atoms with Gasteiger partial charge in [0.2, 0.25) is 0 Å². The first-order chi connectivity index (χ1) is 9.32.